The third kappa shape index (κ3) is 5.44. The molecule has 1 aromatic carbocycles. The Kier molecular flexibility index (Phi) is 7.30. The van der Waals surface area contributed by atoms with E-state index in [-0.39, 0.29) is 15.9 Å². The number of benzene rings is 1. The van der Waals surface area contributed by atoms with Gasteiger partial charge in [-0.05, 0) is 61.9 Å². The molecule has 0 fully saturated rings. The predicted molar refractivity (Wildman–Crippen MR) is 111 cm³/mol. The van der Waals surface area contributed by atoms with Crippen LogP contribution in [-0.2, 0) is 10.1 Å². The summed E-state index contributed by atoms with van der Waals surface area (Å²) in [6.07, 6.45) is 4.43. The van der Waals surface area contributed by atoms with Crippen LogP contribution in [0, 0.1) is 6.92 Å². The van der Waals surface area contributed by atoms with Crippen molar-refractivity contribution in [3.05, 3.63) is 35.9 Å². The Morgan fingerprint density at radius 1 is 1.31 bits per heavy atom. The molecule has 0 heterocycles. The van der Waals surface area contributed by atoms with E-state index in [9.17, 15) is 13.0 Å². The number of aryl methyl sites for hydroxylation is 1. The number of hydrogen-bond donors (Lipinski definition) is 1. The summed E-state index contributed by atoms with van der Waals surface area (Å²) in [4.78, 5) is -0.0390. The zero-order chi connectivity index (χ0) is 20.3. The highest BCUT2D eigenvalue weighted by atomic mass is 32.2. The van der Waals surface area contributed by atoms with E-state index < -0.39 is 18.4 Å². The van der Waals surface area contributed by atoms with Crippen molar-refractivity contribution < 1.29 is 17.4 Å². The van der Waals surface area contributed by atoms with Crippen molar-refractivity contribution in [3.8, 4) is 5.75 Å². The molecule has 148 valence electrons. The summed E-state index contributed by atoms with van der Waals surface area (Å²) < 4.78 is 40.3. The van der Waals surface area contributed by atoms with Gasteiger partial charge in [0.25, 0.3) is 18.4 Å². The standard InChI is InChI=1S/C20H34O4SSi/c1-9-10-11-12-15(2)18-17(25(21,22)23)14-13-16(3)19(18)24-26(7,8)20(4,5)6/h9,13-15H,1,10-12H2,2-8H3,(H,21,22,23). The van der Waals surface area contributed by atoms with Gasteiger partial charge in [0.1, 0.15) is 10.6 Å². The molecule has 0 aliphatic heterocycles. The molecule has 0 bridgehead atoms. The van der Waals surface area contributed by atoms with Crippen molar-refractivity contribution in [2.75, 3.05) is 0 Å². The van der Waals surface area contributed by atoms with Gasteiger partial charge >= 0.3 is 0 Å². The molecule has 0 amide bonds. The second-order valence-corrected chi connectivity index (χ2v) is 14.7. The monoisotopic (exact) mass is 398 g/mol. The molecule has 0 spiro atoms. The fraction of sp³-hybridized carbons (Fsp3) is 0.600. The van der Waals surface area contributed by atoms with E-state index in [0.29, 0.717) is 11.3 Å². The van der Waals surface area contributed by atoms with Gasteiger partial charge in [0.05, 0.1) is 0 Å². The Labute approximate surface area is 160 Å². The van der Waals surface area contributed by atoms with Crippen LogP contribution in [0.2, 0.25) is 18.1 Å². The molecule has 1 atom stereocenters. The maximum atomic E-state index is 12.0. The average molecular weight is 399 g/mol. The van der Waals surface area contributed by atoms with E-state index in [1.807, 2.05) is 19.9 Å². The Hall–Kier alpha value is -1.11. The first-order valence-corrected chi connectivity index (χ1v) is 13.5. The lowest BCUT2D eigenvalue weighted by Crippen LogP contribution is -2.44. The summed E-state index contributed by atoms with van der Waals surface area (Å²) in [6, 6.07) is 3.20. The minimum Gasteiger partial charge on any atom is -0.543 e. The van der Waals surface area contributed by atoms with Gasteiger partial charge in [0.2, 0.25) is 0 Å². The molecule has 0 saturated carbocycles. The summed E-state index contributed by atoms with van der Waals surface area (Å²) in [5.41, 5.74) is 1.49. The van der Waals surface area contributed by atoms with Crippen LogP contribution in [0.4, 0.5) is 0 Å². The van der Waals surface area contributed by atoms with Crippen LogP contribution in [-0.4, -0.2) is 21.3 Å². The van der Waals surface area contributed by atoms with Gasteiger partial charge in [-0.25, -0.2) is 0 Å². The van der Waals surface area contributed by atoms with Gasteiger partial charge < -0.3 is 4.43 Å². The molecule has 0 saturated heterocycles. The molecule has 0 aromatic heterocycles. The average Bonchev–Trinajstić information content (AvgIpc) is 2.46. The molecule has 0 aliphatic carbocycles. The van der Waals surface area contributed by atoms with Crippen LogP contribution >= 0.6 is 0 Å². The van der Waals surface area contributed by atoms with Crippen LogP contribution in [0.25, 0.3) is 0 Å². The van der Waals surface area contributed by atoms with Gasteiger partial charge in [0, 0.05) is 5.56 Å². The lowest BCUT2D eigenvalue weighted by molar-refractivity contribution is 0.462. The Morgan fingerprint density at radius 2 is 1.88 bits per heavy atom. The van der Waals surface area contributed by atoms with E-state index >= 15 is 0 Å². The zero-order valence-electron chi connectivity index (χ0n) is 17.2. The summed E-state index contributed by atoms with van der Waals surface area (Å²) >= 11 is 0. The van der Waals surface area contributed by atoms with Crippen LogP contribution in [0.3, 0.4) is 0 Å². The van der Waals surface area contributed by atoms with Gasteiger partial charge in [-0.1, -0.05) is 39.8 Å². The first-order valence-electron chi connectivity index (χ1n) is 9.13. The highest BCUT2D eigenvalue weighted by Gasteiger charge is 2.40. The maximum absolute atomic E-state index is 12.0. The third-order valence-corrected chi connectivity index (χ3v) is 10.6. The van der Waals surface area contributed by atoms with Crippen molar-refractivity contribution in [2.45, 2.75) is 82.8 Å². The molecule has 1 rings (SSSR count). The van der Waals surface area contributed by atoms with Gasteiger partial charge in [-0.15, -0.1) is 6.58 Å². The van der Waals surface area contributed by atoms with E-state index in [2.05, 4.69) is 40.4 Å². The summed E-state index contributed by atoms with van der Waals surface area (Å²) in [5.74, 6) is 0.573. The van der Waals surface area contributed by atoms with Gasteiger partial charge in [-0.2, -0.15) is 8.42 Å². The van der Waals surface area contributed by atoms with Crippen LogP contribution in [0.1, 0.15) is 64.0 Å². The van der Waals surface area contributed by atoms with Gasteiger partial charge in [-0.3, -0.25) is 4.55 Å². The van der Waals surface area contributed by atoms with E-state index in [1.165, 1.54) is 6.07 Å². The molecule has 0 aliphatic rings. The third-order valence-electron chi connectivity index (χ3n) is 5.33. The minimum atomic E-state index is -4.32. The first-order chi connectivity index (χ1) is 11.7. The molecule has 4 nitrogen and oxygen atoms in total. The molecule has 1 N–H and O–H groups in total. The smallest absolute Gasteiger partial charge is 0.294 e. The molecule has 1 unspecified atom stereocenters. The molecule has 26 heavy (non-hydrogen) atoms. The van der Waals surface area contributed by atoms with Crippen LogP contribution in [0.15, 0.2) is 29.7 Å². The summed E-state index contributed by atoms with van der Waals surface area (Å²) in [7, 11) is -6.49. The SMILES string of the molecule is C=CCCCC(C)c1c(S(=O)(=O)O)ccc(C)c1O[Si](C)(C)C(C)(C)C. The van der Waals surface area contributed by atoms with E-state index in [4.69, 9.17) is 4.43 Å². The Balaban J connectivity index is 3.55. The molecule has 6 heteroatoms. The second kappa shape index (κ2) is 8.27. The molecule has 1 aromatic rings. The molecular formula is C20H34O4SSi. The number of allylic oxidation sites excluding steroid dienone is 1. The summed E-state index contributed by atoms with van der Waals surface area (Å²) in [6.45, 7) is 18.4. The molecular weight excluding hydrogens is 364 g/mol. The van der Waals surface area contributed by atoms with Crippen molar-refractivity contribution in [1.29, 1.82) is 0 Å². The number of rotatable bonds is 8. The largest absolute Gasteiger partial charge is 0.543 e. The maximum Gasteiger partial charge on any atom is 0.294 e. The van der Waals surface area contributed by atoms with E-state index in [0.717, 1.165) is 24.8 Å². The predicted octanol–water partition coefficient (Wildman–Crippen LogP) is 6.09. The van der Waals surface area contributed by atoms with Crippen LogP contribution < -0.4 is 4.43 Å². The summed E-state index contributed by atoms with van der Waals surface area (Å²) in [5, 5.41) is -0.0170. The van der Waals surface area contributed by atoms with E-state index in [1.54, 1.807) is 6.07 Å². The minimum absolute atomic E-state index is 0.0170. The lowest BCUT2D eigenvalue weighted by Gasteiger charge is -2.38. The fourth-order valence-electron chi connectivity index (χ4n) is 2.64. The second-order valence-electron chi connectivity index (χ2n) is 8.58. The highest BCUT2D eigenvalue weighted by molar-refractivity contribution is 7.85. The zero-order valence-corrected chi connectivity index (χ0v) is 19.0. The first kappa shape index (κ1) is 22.9. The van der Waals surface area contributed by atoms with Crippen molar-refractivity contribution in [2.24, 2.45) is 0 Å². The van der Waals surface area contributed by atoms with Crippen molar-refractivity contribution >= 4 is 18.4 Å². The van der Waals surface area contributed by atoms with Gasteiger partial charge in [0.15, 0.2) is 0 Å². The topological polar surface area (TPSA) is 63.6 Å². The highest BCUT2D eigenvalue weighted by Crippen LogP contribution is 2.43. The number of unbranched alkanes of at least 4 members (excludes halogenated alkanes) is 1. The fourth-order valence-corrected chi connectivity index (χ4v) is 4.54. The normalized spacial score (nSPS) is 14.2. The lowest BCUT2D eigenvalue weighted by atomic mass is 9.93. The van der Waals surface area contributed by atoms with Crippen molar-refractivity contribution in [3.63, 3.8) is 0 Å². The van der Waals surface area contributed by atoms with Crippen molar-refractivity contribution in [1.82, 2.24) is 0 Å². The molecule has 0 radical (unpaired) electrons. The quantitative estimate of drug-likeness (QED) is 0.249. The number of hydrogen-bond acceptors (Lipinski definition) is 3. The Bertz CT molecular complexity index is 746. The van der Waals surface area contributed by atoms with Crippen LogP contribution in [0.5, 0.6) is 5.75 Å². The Morgan fingerprint density at radius 3 is 2.35 bits per heavy atom.